The zero-order valence-corrected chi connectivity index (χ0v) is 19.7. The first-order chi connectivity index (χ1) is 13.6. The van der Waals surface area contributed by atoms with Crippen molar-refractivity contribution in [1.82, 2.24) is 0 Å². The van der Waals surface area contributed by atoms with E-state index in [-0.39, 0.29) is 18.0 Å². The molecule has 0 heterocycles. The molecule has 0 amide bonds. The normalized spacial score (nSPS) is 24.3. The molecule has 0 fully saturated rings. The van der Waals surface area contributed by atoms with Crippen molar-refractivity contribution >= 4 is 49.1 Å². The number of ketones is 2. The van der Waals surface area contributed by atoms with Gasteiger partial charge in [0, 0.05) is 38.2 Å². The number of benzene rings is 2. The number of Topliss-reactive ketones (excluding diaryl/α,β-unsaturated/α-hetero) is 2. The molecule has 1 aliphatic carbocycles. The minimum Gasteiger partial charge on any atom is -0.389 e. The number of aliphatic hydroxyl groups is 1. The quantitative estimate of drug-likeness (QED) is 0.537. The lowest BCUT2D eigenvalue weighted by atomic mass is 9.64. The van der Waals surface area contributed by atoms with Crippen LogP contribution in [0.15, 0.2) is 68.7 Å². The second-order valence-electron chi connectivity index (χ2n) is 7.73. The first-order valence-electron chi connectivity index (χ1n) is 9.35. The Morgan fingerprint density at radius 1 is 1.00 bits per heavy atom. The summed E-state index contributed by atoms with van der Waals surface area (Å²) in [5.74, 6) is -1.48. The number of rotatable bonds is 5. The maximum atomic E-state index is 12.8. The van der Waals surface area contributed by atoms with Gasteiger partial charge >= 0.3 is 0 Å². The van der Waals surface area contributed by atoms with Crippen molar-refractivity contribution in [1.29, 1.82) is 0 Å². The van der Waals surface area contributed by atoms with E-state index in [1.54, 1.807) is 6.92 Å². The van der Waals surface area contributed by atoms with E-state index in [1.165, 1.54) is 13.8 Å². The van der Waals surface area contributed by atoms with Crippen molar-refractivity contribution in [2.45, 2.75) is 38.7 Å². The van der Waals surface area contributed by atoms with Gasteiger partial charge in [-0.1, -0.05) is 44.0 Å². The van der Waals surface area contributed by atoms with Crippen LogP contribution in [-0.2, 0) is 9.59 Å². The van der Waals surface area contributed by atoms with Gasteiger partial charge in [0.2, 0.25) is 0 Å². The predicted molar refractivity (Wildman–Crippen MR) is 122 cm³/mol. The molecule has 0 aromatic heterocycles. The van der Waals surface area contributed by atoms with Gasteiger partial charge < -0.3 is 10.4 Å². The number of allylic oxidation sites excluding steroid dienone is 1. The first-order valence-corrected chi connectivity index (χ1v) is 10.9. The van der Waals surface area contributed by atoms with E-state index >= 15 is 0 Å². The number of hydrogen-bond donors (Lipinski definition) is 2. The van der Waals surface area contributed by atoms with Crippen molar-refractivity contribution < 1.29 is 14.7 Å². The highest BCUT2D eigenvalue weighted by Crippen LogP contribution is 2.47. The van der Waals surface area contributed by atoms with Crippen LogP contribution in [0.5, 0.6) is 0 Å². The molecule has 6 heteroatoms. The van der Waals surface area contributed by atoms with Crippen molar-refractivity contribution in [3.05, 3.63) is 74.3 Å². The summed E-state index contributed by atoms with van der Waals surface area (Å²) in [4.78, 5) is 25.4. The number of nitrogens with one attached hydrogen (secondary N) is 1. The largest absolute Gasteiger partial charge is 0.389 e. The van der Waals surface area contributed by atoms with E-state index in [2.05, 4.69) is 37.2 Å². The number of halogens is 2. The molecule has 4 nitrogen and oxygen atoms in total. The maximum Gasteiger partial charge on any atom is 0.158 e. The van der Waals surface area contributed by atoms with Crippen molar-refractivity contribution in [3.63, 3.8) is 0 Å². The van der Waals surface area contributed by atoms with Crippen LogP contribution in [0.3, 0.4) is 0 Å². The van der Waals surface area contributed by atoms with Crippen LogP contribution >= 0.6 is 31.9 Å². The molecule has 3 rings (SSSR count). The smallest absolute Gasteiger partial charge is 0.158 e. The molecule has 2 aromatic rings. The minimum atomic E-state index is -1.29. The Labute approximate surface area is 187 Å². The van der Waals surface area contributed by atoms with E-state index in [9.17, 15) is 14.7 Å². The standard InChI is InChI=1S/C23H23Br2NO3/c1-13(27)20-19(26-18-10-8-17(25)9-11-18)12-23(3,29)22(14(2)28)21(20)15-4-6-16(24)7-5-15/h4-11,21-22,26,29H,12H2,1-3H3/t21-,22+,23+/m1/s1. The third-order valence-electron chi connectivity index (χ3n) is 5.36. The fraction of sp³-hybridized carbons (Fsp3) is 0.304. The SMILES string of the molecule is CC(=O)C1=C(Nc2ccc(Br)cc2)C[C@](C)(O)[C@@H](C(C)=O)[C@@H]1c1ccc(Br)cc1. The Kier molecular flexibility index (Phi) is 6.46. The summed E-state index contributed by atoms with van der Waals surface area (Å²) in [6.07, 6.45) is 0.190. The second kappa shape index (κ2) is 8.54. The molecule has 3 atom stereocenters. The molecule has 2 aromatic carbocycles. The average molecular weight is 521 g/mol. The molecule has 0 aliphatic heterocycles. The number of carbonyl (C=O) groups excluding carboxylic acids is 2. The highest BCUT2D eigenvalue weighted by atomic mass is 79.9. The zero-order chi connectivity index (χ0) is 21.3. The summed E-state index contributed by atoms with van der Waals surface area (Å²) in [7, 11) is 0. The predicted octanol–water partition coefficient (Wildman–Crippen LogP) is 5.61. The molecule has 0 saturated carbocycles. The highest BCUT2D eigenvalue weighted by molar-refractivity contribution is 9.10. The van der Waals surface area contributed by atoms with Gasteiger partial charge in [-0.3, -0.25) is 9.59 Å². The fourth-order valence-corrected chi connectivity index (χ4v) is 4.76. The Morgan fingerprint density at radius 3 is 2.00 bits per heavy atom. The maximum absolute atomic E-state index is 12.8. The van der Waals surface area contributed by atoms with Gasteiger partial charge in [-0.05, 0) is 62.7 Å². The lowest BCUT2D eigenvalue weighted by Gasteiger charge is -2.43. The van der Waals surface area contributed by atoms with Crippen molar-refractivity contribution in [2.75, 3.05) is 5.32 Å². The fourth-order valence-electron chi connectivity index (χ4n) is 4.23. The molecule has 0 bridgehead atoms. The van der Waals surface area contributed by atoms with Crippen molar-refractivity contribution in [2.24, 2.45) is 5.92 Å². The summed E-state index contributed by atoms with van der Waals surface area (Å²) in [6, 6.07) is 15.2. The molecule has 152 valence electrons. The Balaban J connectivity index is 2.19. The average Bonchev–Trinajstić information content (AvgIpc) is 2.62. The van der Waals surface area contributed by atoms with Crippen LogP contribution in [0, 0.1) is 5.92 Å². The van der Waals surface area contributed by atoms with Gasteiger partial charge in [0.1, 0.15) is 5.78 Å². The number of carbonyl (C=O) groups is 2. The molecule has 0 spiro atoms. The summed E-state index contributed by atoms with van der Waals surface area (Å²) in [6.45, 7) is 4.67. The molecular weight excluding hydrogens is 498 g/mol. The molecule has 0 unspecified atom stereocenters. The summed E-state index contributed by atoms with van der Waals surface area (Å²) >= 11 is 6.85. The second-order valence-corrected chi connectivity index (χ2v) is 9.56. The third kappa shape index (κ3) is 4.71. The van der Waals surface area contributed by atoms with E-state index < -0.39 is 17.4 Å². The zero-order valence-electron chi connectivity index (χ0n) is 16.5. The van der Waals surface area contributed by atoms with Crippen LogP contribution in [0.25, 0.3) is 0 Å². The highest BCUT2D eigenvalue weighted by Gasteiger charge is 2.49. The molecular formula is C23H23Br2NO3. The van der Waals surface area contributed by atoms with Crippen LogP contribution < -0.4 is 5.32 Å². The van der Waals surface area contributed by atoms with E-state index in [0.29, 0.717) is 11.3 Å². The molecule has 1 aliphatic rings. The molecule has 0 saturated heterocycles. The Bertz CT molecular complexity index is 963. The van der Waals surface area contributed by atoms with Gasteiger partial charge in [0.15, 0.2) is 5.78 Å². The number of anilines is 1. The van der Waals surface area contributed by atoms with Crippen LogP contribution in [0.4, 0.5) is 5.69 Å². The van der Waals surface area contributed by atoms with Crippen LogP contribution in [0.2, 0.25) is 0 Å². The summed E-state index contributed by atoms with van der Waals surface area (Å²) in [5, 5.41) is 14.6. The number of hydrogen-bond acceptors (Lipinski definition) is 4. The molecule has 0 radical (unpaired) electrons. The summed E-state index contributed by atoms with van der Waals surface area (Å²) < 4.78 is 1.86. The van der Waals surface area contributed by atoms with Crippen LogP contribution in [0.1, 0.15) is 38.7 Å². The minimum absolute atomic E-state index is 0.112. The van der Waals surface area contributed by atoms with Gasteiger partial charge in [0.25, 0.3) is 0 Å². The molecule has 29 heavy (non-hydrogen) atoms. The van der Waals surface area contributed by atoms with Gasteiger partial charge in [-0.2, -0.15) is 0 Å². The van der Waals surface area contributed by atoms with Gasteiger partial charge in [-0.25, -0.2) is 0 Å². The van der Waals surface area contributed by atoms with Gasteiger partial charge in [-0.15, -0.1) is 0 Å². The lowest BCUT2D eigenvalue weighted by Crippen LogP contribution is -2.48. The van der Waals surface area contributed by atoms with E-state index in [0.717, 1.165) is 20.2 Å². The Hall–Kier alpha value is -1.76. The third-order valence-corrected chi connectivity index (χ3v) is 6.42. The van der Waals surface area contributed by atoms with E-state index in [4.69, 9.17) is 0 Å². The lowest BCUT2D eigenvalue weighted by molar-refractivity contribution is -0.131. The topological polar surface area (TPSA) is 66.4 Å². The summed E-state index contributed by atoms with van der Waals surface area (Å²) in [5.41, 5.74) is 1.54. The first kappa shape index (κ1) is 21.9. The Morgan fingerprint density at radius 2 is 1.52 bits per heavy atom. The molecule has 2 N–H and O–H groups in total. The van der Waals surface area contributed by atoms with Gasteiger partial charge in [0.05, 0.1) is 11.5 Å². The van der Waals surface area contributed by atoms with Crippen molar-refractivity contribution in [3.8, 4) is 0 Å². The monoisotopic (exact) mass is 519 g/mol. The van der Waals surface area contributed by atoms with E-state index in [1.807, 2.05) is 48.5 Å². The van der Waals surface area contributed by atoms with Crippen LogP contribution in [-0.4, -0.2) is 22.3 Å².